The van der Waals surface area contributed by atoms with E-state index in [-0.39, 0.29) is 5.69 Å². The summed E-state index contributed by atoms with van der Waals surface area (Å²) in [5.74, 6) is 0. The highest BCUT2D eigenvalue weighted by molar-refractivity contribution is 9.10. The molecule has 0 aliphatic rings. The van der Waals surface area contributed by atoms with Gasteiger partial charge in [0.1, 0.15) is 0 Å². The van der Waals surface area contributed by atoms with Crippen molar-refractivity contribution in [2.45, 2.75) is 0 Å². The molecule has 1 atom stereocenters. The van der Waals surface area contributed by atoms with E-state index < -0.39 is 5.23 Å². The Balaban J connectivity index is 1.91. The summed E-state index contributed by atoms with van der Waals surface area (Å²) >= 11 is 3.44. The third kappa shape index (κ3) is 4.52. The normalized spacial score (nSPS) is 12.7. The highest BCUT2D eigenvalue weighted by atomic mass is 79.9. The number of quaternary nitrogens is 1. The molecular weight excluding hydrogens is 382 g/mol. The molecule has 126 valence electrons. The van der Waals surface area contributed by atoms with Gasteiger partial charge in [-0.1, -0.05) is 58.4 Å². The Hall–Kier alpha value is -2.51. The minimum Gasteiger partial charge on any atom is -0.595 e. The summed E-state index contributed by atoms with van der Waals surface area (Å²) in [5, 5.41) is 23.5. The van der Waals surface area contributed by atoms with Crippen molar-refractivity contribution in [2.24, 2.45) is 5.10 Å². The first-order valence-electron chi connectivity index (χ1n) is 7.62. The number of benzene rings is 3. The Morgan fingerprint density at radius 1 is 0.880 bits per heavy atom. The predicted molar refractivity (Wildman–Crippen MR) is 102 cm³/mol. The lowest BCUT2D eigenvalue weighted by Gasteiger charge is -2.12. The summed E-state index contributed by atoms with van der Waals surface area (Å²) in [6.07, 6.45) is 0. The molecule has 3 rings (SSSR count). The topological polar surface area (TPSA) is 72.1 Å². The number of anilines is 1. The van der Waals surface area contributed by atoms with Gasteiger partial charge in [0.05, 0.1) is 11.4 Å². The lowest BCUT2D eigenvalue weighted by molar-refractivity contribution is -0.991. The monoisotopic (exact) mass is 397 g/mol. The Bertz CT molecular complexity index is 848. The fraction of sp³-hybridized carbons (Fsp3) is 0. The number of nitrogens with zero attached hydrogens (tertiary/aromatic N) is 1. The van der Waals surface area contributed by atoms with Gasteiger partial charge in [-0.25, -0.2) is 5.21 Å². The maximum atomic E-state index is 10.9. The Kier molecular flexibility index (Phi) is 5.57. The maximum Gasteiger partial charge on any atom is 0.163 e. The summed E-state index contributed by atoms with van der Waals surface area (Å²) in [6.45, 7) is 0. The van der Waals surface area contributed by atoms with E-state index in [2.05, 4.69) is 26.5 Å². The minimum absolute atomic E-state index is 0.241. The van der Waals surface area contributed by atoms with E-state index in [1.54, 1.807) is 24.3 Å². The van der Waals surface area contributed by atoms with Gasteiger partial charge in [0, 0.05) is 27.7 Å². The second-order valence-corrected chi connectivity index (χ2v) is 6.24. The van der Waals surface area contributed by atoms with Gasteiger partial charge in [-0.15, -0.1) is 0 Å². The lowest BCUT2D eigenvalue weighted by Crippen LogP contribution is -2.99. The molecule has 3 N–H and O–H groups in total. The van der Waals surface area contributed by atoms with E-state index in [0.717, 1.165) is 27.0 Å². The minimum atomic E-state index is -0.949. The van der Waals surface area contributed by atoms with Gasteiger partial charge in [-0.3, -0.25) is 5.43 Å². The number of nitrogens with one attached hydrogen (secondary N) is 2. The second-order valence-electron chi connectivity index (χ2n) is 5.33. The zero-order valence-electron chi connectivity index (χ0n) is 13.2. The van der Waals surface area contributed by atoms with Crippen LogP contribution in [0.4, 0.5) is 11.4 Å². The molecule has 0 saturated heterocycles. The summed E-state index contributed by atoms with van der Waals surface area (Å²) in [7, 11) is 0. The largest absolute Gasteiger partial charge is 0.595 e. The van der Waals surface area contributed by atoms with Crippen LogP contribution in [-0.4, -0.2) is 10.9 Å². The first-order chi connectivity index (χ1) is 12.1. The van der Waals surface area contributed by atoms with Gasteiger partial charge in [-0.05, 0) is 24.3 Å². The lowest BCUT2D eigenvalue weighted by atomic mass is 10.0. The summed E-state index contributed by atoms with van der Waals surface area (Å²) in [4.78, 5) is 0. The van der Waals surface area contributed by atoms with Crippen molar-refractivity contribution >= 4 is 33.0 Å². The molecule has 0 fully saturated rings. The molecule has 3 aromatic rings. The van der Waals surface area contributed by atoms with E-state index in [1.165, 1.54) is 0 Å². The summed E-state index contributed by atoms with van der Waals surface area (Å²) in [6, 6.07) is 24.3. The molecule has 0 aliphatic carbocycles. The molecule has 6 heteroatoms. The van der Waals surface area contributed by atoms with Crippen LogP contribution >= 0.6 is 15.9 Å². The van der Waals surface area contributed by atoms with Gasteiger partial charge in [0.2, 0.25) is 0 Å². The quantitative estimate of drug-likeness (QED) is 0.453. The molecule has 0 heterocycles. The van der Waals surface area contributed by atoms with Crippen molar-refractivity contribution < 1.29 is 10.4 Å². The standard InChI is InChI=1S/C19H16BrN3O2/c20-16-8-6-15(7-9-16)19(14-4-2-1-3-5-14)22-21-17-10-12-18(13-11-17)23(24)25/h1-13,21,23-24H. The third-order valence-electron chi connectivity index (χ3n) is 3.59. The van der Waals surface area contributed by atoms with Crippen molar-refractivity contribution in [2.75, 3.05) is 5.43 Å². The molecule has 0 spiro atoms. The fourth-order valence-corrected chi connectivity index (χ4v) is 2.57. The van der Waals surface area contributed by atoms with Crippen LogP contribution in [0.3, 0.4) is 0 Å². The average Bonchev–Trinajstić information content (AvgIpc) is 2.64. The van der Waals surface area contributed by atoms with E-state index in [1.807, 2.05) is 54.6 Å². The average molecular weight is 398 g/mol. The number of rotatable bonds is 5. The van der Waals surface area contributed by atoms with Gasteiger partial charge in [-0.2, -0.15) is 10.3 Å². The number of halogens is 1. The molecule has 1 unspecified atom stereocenters. The first-order valence-corrected chi connectivity index (χ1v) is 8.41. The molecule has 0 saturated carbocycles. The molecule has 0 aliphatic heterocycles. The SMILES string of the molecule is [O-][NH+](O)c1ccc(NN=C(c2ccccc2)c2ccc(Br)cc2)cc1. The van der Waals surface area contributed by atoms with Gasteiger partial charge in [0.15, 0.2) is 5.69 Å². The maximum absolute atomic E-state index is 10.9. The molecule has 0 aromatic heterocycles. The van der Waals surface area contributed by atoms with Crippen molar-refractivity contribution in [3.8, 4) is 0 Å². The van der Waals surface area contributed by atoms with Crippen LogP contribution in [0.25, 0.3) is 0 Å². The second kappa shape index (κ2) is 8.04. The molecule has 0 amide bonds. The first kappa shape index (κ1) is 17.3. The van der Waals surface area contributed by atoms with E-state index >= 15 is 0 Å². The van der Waals surface area contributed by atoms with Crippen molar-refractivity contribution in [3.63, 3.8) is 0 Å². The van der Waals surface area contributed by atoms with E-state index in [9.17, 15) is 5.21 Å². The van der Waals surface area contributed by atoms with Crippen LogP contribution < -0.4 is 10.7 Å². The molecule has 25 heavy (non-hydrogen) atoms. The fourth-order valence-electron chi connectivity index (χ4n) is 2.31. The van der Waals surface area contributed by atoms with Gasteiger partial charge in [0.25, 0.3) is 0 Å². The number of hydrogen-bond acceptors (Lipinski definition) is 4. The van der Waals surface area contributed by atoms with Crippen LogP contribution in [0.2, 0.25) is 0 Å². The molecule has 5 nitrogen and oxygen atoms in total. The molecule has 3 aromatic carbocycles. The van der Waals surface area contributed by atoms with Crippen molar-refractivity contribution in [1.82, 2.24) is 0 Å². The summed E-state index contributed by atoms with van der Waals surface area (Å²) in [5.41, 5.74) is 6.73. The Morgan fingerprint density at radius 3 is 2.08 bits per heavy atom. The van der Waals surface area contributed by atoms with Crippen LogP contribution in [0.1, 0.15) is 11.1 Å². The molecule has 0 radical (unpaired) electrons. The van der Waals surface area contributed by atoms with E-state index in [4.69, 9.17) is 5.21 Å². The zero-order valence-corrected chi connectivity index (χ0v) is 14.8. The molecular formula is C19H16BrN3O2. The van der Waals surface area contributed by atoms with Crippen LogP contribution in [-0.2, 0) is 0 Å². The van der Waals surface area contributed by atoms with Crippen molar-refractivity contribution in [3.05, 3.63) is 99.7 Å². The van der Waals surface area contributed by atoms with Crippen LogP contribution in [0.15, 0.2) is 88.4 Å². The van der Waals surface area contributed by atoms with Crippen LogP contribution in [0.5, 0.6) is 0 Å². The summed E-state index contributed by atoms with van der Waals surface area (Å²) < 4.78 is 1.00. The van der Waals surface area contributed by atoms with Crippen molar-refractivity contribution in [1.29, 1.82) is 0 Å². The van der Waals surface area contributed by atoms with Crippen LogP contribution in [0, 0.1) is 5.21 Å². The van der Waals surface area contributed by atoms with Gasteiger partial charge >= 0.3 is 0 Å². The predicted octanol–water partition coefficient (Wildman–Crippen LogP) is 3.72. The van der Waals surface area contributed by atoms with E-state index in [0.29, 0.717) is 0 Å². The Morgan fingerprint density at radius 2 is 1.48 bits per heavy atom. The number of hydrazone groups is 1. The third-order valence-corrected chi connectivity index (χ3v) is 4.12. The zero-order chi connectivity index (χ0) is 17.6. The number of hydrogen-bond donors (Lipinski definition) is 3. The van der Waals surface area contributed by atoms with Gasteiger partial charge < -0.3 is 5.21 Å². The highest BCUT2D eigenvalue weighted by Crippen LogP contribution is 2.16. The Labute approximate surface area is 153 Å². The smallest absolute Gasteiger partial charge is 0.163 e. The molecule has 0 bridgehead atoms. The highest BCUT2D eigenvalue weighted by Gasteiger charge is 2.07.